The maximum atomic E-state index is 12.9. The van der Waals surface area contributed by atoms with Gasteiger partial charge in [-0.15, -0.1) is 28.2 Å². The van der Waals surface area contributed by atoms with E-state index >= 15 is 0 Å². The summed E-state index contributed by atoms with van der Waals surface area (Å²) in [6.07, 6.45) is 0.483. The van der Waals surface area contributed by atoms with E-state index in [9.17, 15) is 24.3 Å². The summed E-state index contributed by atoms with van der Waals surface area (Å²) in [5.74, 6) is -1.71. The number of aromatic amines is 1. The number of carbonyl (C=O) groups is 4. The Balaban J connectivity index is 1.52. The van der Waals surface area contributed by atoms with E-state index in [2.05, 4.69) is 31.3 Å². The fourth-order valence-electron chi connectivity index (χ4n) is 3.65. The maximum Gasteiger partial charge on any atom is 0.352 e. The molecule has 4 rings (SSSR count). The van der Waals surface area contributed by atoms with Crippen molar-refractivity contribution in [3.63, 3.8) is 0 Å². The predicted molar refractivity (Wildman–Crippen MR) is 124 cm³/mol. The number of carboxylic acid groups (broad SMARTS) is 1. The number of carboxylic acids is 1. The van der Waals surface area contributed by atoms with E-state index in [1.165, 1.54) is 39.8 Å². The summed E-state index contributed by atoms with van der Waals surface area (Å²) in [5.41, 5.74) is 5.52. The van der Waals surface area contributed by atoms with Gasteiger partial charge in [-0.05, 0) is 33.9 Å². The number of β-lactam (4-membered cyclic amide) rings is 1. The van der Waals surface area contributed by atoms with Gasteiger partial charge in [0, 0.05) is 22.4 Å². The van der Waals surface area contributed by atoms with Crippen LogP contribution in [0, 0.1) is 0 Å². The number of hydrogen-bond acceptors (Lipinski definition) is 10. The molecule has 2 unspecified atom stereocenters. The number of urea groups is 1. The van der Waals surface area contributed by atoms with Crippen LogP contribution in [-0.2, 0) is 20.8 Å². The molecule has 0 spiro atoms. The predicted octanol–water partition coefficient (Wildman–Crippen LogP) is -0.238. The first kappa shape index (κ1) is 24.0. The number of thiophene rings is 1. The van der Waals surface area contributed by atoms with Gasteiger partial charge in [0.1, 0.15) is 17.1 Å². The Morgan fingerprint density at radius 3 is 2.88 bits per heavy atom. The molecule has 2 aromatic rings. The summed E-state index contributed by atoms with van der Waals surface area (Å²) in [6.45, 7) is 0.189. The van der Waals surface area contributed by atoms with Crippen molar-refractivity contribution >= 4 is 58.7 Å². The number of hydrogen-bond donors (Lipinski definition) is 5. The van der Waals surface area contributed by atoms with Crippen LogP contribution in [0.5, 0.6) is 0 Å². The van der Waals surface area contributed by atoms with Gasteiger partial charge in [-0.3, -0.25) is 14.5 Å². The lowest BCUT2D eigenvalue weighted by atomic mass is 10.00. The van der Waals surface area contributed by atoms with Gasteiger partial charge in [-0.2, -0.15) is 0 Å². The van der Waals surface area contributed by atoms with Gasteiger partial charge in [0.25, 0.3) is 5.91 Å². The molecule has 180 valence electrons. The number of aromatic nitrogens is 4. The summed E-state index contributed by atoms with van der Waals surface area (Å²) >= 11 is 4.01. The third-order valence-corrected chi connectivity index (χ3v) is 8.49. The number of amides is 4. The number of nitrogens with one attached hydrogen (secondary N) is 3. The largest absolute Gasteiger partial charge is 0.477 e. The Kier molecular flexibility index (Phi) is 7.38. The Hall–Kier alpha value is -3.11. The molecule has 4 amide bonds. The Labute approximate surface area is 205 Å². The van der Waals surface area contributed by atoms with E-state index < -0.39 is 34.6 Å². The number of aliphatic carboxylic acids is 1. The van der Waals surface area contributed by atoms with Crippen molar-refractivity contribution in [1.82, 2.24) is 36.2 Å². The van der Waals surface area contributed by atoms with Crippen molar-refractivity contribution in [3.05, 3.63) is 33.7 Å². The summed E-state index contributed by atoms with van der Waals surface area (Å²) in [5, 5.41) is 30.0. The molecule has 0 aliphatic carbocycles. The average molecular weight is 525 g/mol. The highest BCUT2D eigenvalue weighted by Gasteiger charge is 2.54. The smallest absolute Gasteiger partial charge is 0.352 e. The number of nitrogens with two attached hydrogens (primary N) is 1. The van der Waals surface area contributed by atoms with Crippen LogP contribution in [0.4, 0.5) is 4.79 Å². The molecule has 34 heavy (non-hydrogen) atoms. The van der Waals surface area contributed by atoms with Crippen LogP contribution in [-0.4, -0.2) is 83.4 Å². The molecule has 2 aliphatic heterocycles. The lowest BCUT2D eigenvalue weighted by Crippen LogP contribution is -2.70. The molecule has 1 saturated heterocycles. The number of tetrazole rings is 1. The minimum Gasteiger partial charge on any atom is -0.477 e. The van der Waals surface area contributed by atoms with Gasteiger partial charge >= 0.3 is 12.0 Å². The monoisotopic (exact) mass is 524 g/mol. The maximum absolute atomic E-state index is 12.9. The van der Waals surface area contributed by atoms with Crippen LogP contribution in [0.1, 0.15) is 11.3 Å². The van der Waals surface area contributed by atoms with Crippen molar-refractivity contribution in [2.75, 3.05) is 12.3 Å². The number of rotatable bonds is 10. The standard InChI is InChI=1S/C18H20N8O5S3/c19-17(31)20-4-3-10(34-18-22-24-25-23-18)9-7-33-15-12(14(28)26(15)13(9)16(29)30)21-11(27)6-8-2-1-5-32-8/h1-2,5,10,12,15H,3-4,6-7H2,(H,21,27)(H,29,30)(H3,19,20,31)(H,22,23,24,25)/t10?,12?,15-/m0/s1. The Morgan fingerprint density at radius 2 is 2.24 bits per heavy atom. The van der Waals surface area contributed by atoms with E-state index in [4.69, 9.17) is 5.73 Å². The van der Waals surface area contributed by atoms with E-state index in [0.29, 0.717) is 22.9 Å². The Morgan fingerprint density at radius 1 is 1.41 bits per heavy atom. The quantitative estimate of drug-likeness (QED) is 0.204. The van der Waals surface area contributed by atoms with Crippen molar-refractivity contribution in [1.29, 1.82) is 0 Å². The second-order valence-corrected chi connectivity index (χ2v) is 10.6. The first-order valence-corrected chi connectivity index (χ1v) is 12.8. The van der Waals surface area contributed by atoms with E-state index in [0.717, 1.165) is 4.88 Å². The molecule has 0 bridgehead atoms. The fraction of sp³-hybridized carbons (Fsp3) is 0.389. The number of carbonyl (C=O) groups excluding carboxylic acids is 3. The van der Waals surface area contributed by atoms with Gasteiger partial charge in [0.2, 0.25) is 11.1 Å². The molecule has 6 N–H and O–H groups in total. The normalized spacial score (nSPS) is 20.4. The average Bonchev–Trinajstić information content (AvgIpc) is 3.49. The molecule has 2 aromatic heterocycles. The van der Waals surface area contributed by atoms with Crippen LogP contribution in [0.3, 0.4) is 0 Å². The molecule has 16 heteroatoms. The third kappa shape index (κ3) is 5.18. The lowest BCUT2D eigenvalue weighted by Gasteiger charge is -2.50. The minimum absolute atomic E-state index is 0.124. The second-order valence-electron chi connectivity index (χ2n) is 7.28. The minimum atomic E-state index is -1.25. The number of H-pyrrole nitrogens is 1. The van der Waals surface area contributed by atoms with E-state index in [1.807, 2.05) is 17.5 Å². The topological polar surface area (TPSA) is 196 Å². The zero-order valence-electron chi connectivity index (χ0n) is 17.5. The molecule has 0 radical (unpaired) electrons. The lowest BCUT2D eigenvalue weighted by molar-refractivity contribution is -0.150. The highest BCUT2D eigenvalue weighted by Crippen LogP contribution is 2.44. The van der Waals surface area contributed by atoms with Crippen molar-refractivity contribution in [3.8, 4) is 0 Å². The van der Waals surface area contributed by atoms with Crippen molar-refractivity contribution in [2.24, 2.45) is 5.73 Å². The summed E-state index contributed by atoms with van der Waals surface area (Å²) in [6, 6.07) is 2.18. The highest BCUT2D eigenvalue weighted by molar-refractivity contribution is 8.01. The zero-order valence-corrected chi connectivity index (χ0v) is 19.9. The van der Waals surface area contributed by atoms with Crippen molar-refractivity contribution in [2.45, 2.75) is 34.7 Å². The third-order valence-electron chi connectivity index (χ3n) is 5.11. The summed E-state index contributed by atoms with van der Waals surface area (Å²) in [7, 11) is 0. The molecule has 13 nitrogen and oxygen atoms in total. The molecule has 1 fully saturated rings. The van der Waals surface area contributed by atoms with Gasteiger partial charge in [0.05, 0.1) is 6.42 Å². The second kappa shape index (κ2) is 10.4. The molecule has 4 heterocycles. The number of primary amides is 1. The zero-order chi connectivity index (χ0) is 24.2. The number of fused-ring (bicyclic) bond motifs is 1. The van der Waals surface area contributed by atoms with Gasteiger partial charge in [-0.25, -0.2) is 14.7 Å². The fourth-order valence-corrected chi connectivity index (χ4v) is 6.90. The molecular formula is C18H20N8O5S3. The molecular weight excluding hydrogens is 504 g/mol. The van der Waals surface area contributed by atoms with Gasteiger partial charge in [0.15, 0.2) is 0 Å². The van der Waals surface area contributed by atoms with Crippen LogP contribution in [0.25, 0.3) is 0 Å². The Bertz CT molecular complexity index is 1110. The van der Waals surface area contributed by atoms with Crippen LogP contribution >= 0.6 is 34.9 Å². The first-order valence-electron chi connectivity index (χ1n) is 10.0. The van der Waals surface area contributed by atoms with Gasteiger partial charge in [-0.1, -0.05) is 17.8 Å². The summed E-state index contributed by atoms with van der Waals surface area (Å²) in [4.78, 5) is 50.7. The molecule has 0 aromatic carbocycles. The SMILES string of the molecule is NC(=O)NCCC(Sc1nnn[nH]1)C1=C(C(=O)O)N2C(=O)C(NC(=O)Cc3cccs3)[C@@H]2SC1. The van der Waals surface area contributed by atoms with Crippen LogP contribution < -0.4 is 16.4 Å². The molecule has 3 atom stereocenters. The van der Waals surface area contributed by atoms with Crippen molar-refractivity contribution < 1.29 is 24.3 Å². The van der Waals surface area contributed by atoms with E-state index in [-0.39, 0.29) is 24.6 Å². The van der Waals surface area contributed by atoms with Crippen LogP contribution in [0.2, 0.25) is 0 Å². The molecule has 0 saturated carbocycles. The molecule has 2 aliphatic rings. The first-order chi connectivity index (χ1) is 16.3. The summed E-state index contributed by atoms with van der Waals surface area (Å²) < 4.78 is 0. The highest BCUT2D eigenvalue weighted by atomic mass is 32.2. The van der Waals surface area contributed by atoms with E-state index in [1.54, 1.807) is 0 Å². The number of nitrogens with zero attached hydrogens (tertiary/aromatic N) is 4. The van der Waals surface area contributed by atoms with Gasteiger partial charge < -0.3 is 21.5 Å². The number of thioether (sulfide) groups is 2. The van der Waals surface area contributed by atoms with Crippen LogP contribution in [0.15, 0.2) is 33.9 Å².